The molecular formula is C19H21N5O3. The van der Waals surface area contributed by atoms with Crippen molar-refractivity contribution in [3.05, 3.63) is 36.2 Å². The molecule has 8 heteroatoms. The summed E-state index contributed by atoms with van der Waals surface area (Å²) in [5.41, 5.74) is 0.953. The quantitative estimate of drug-likeness (QED) is 0.617. The first-order valence-electron chi connectivity index (χ1n) is 9.23. The number of fused-ring (bicyclic) bond motifs is 1. The van der Waals surface area contributed by atoms with Crippen LogP contribution in [-0.2, 0) is 4.79 Å². The van der Waals surface area contributed by atoms with Gasteiger partial charge in [-0.1, -0.05) is 25.0 Å². The molecule has 1 saturated carbocycles. The van der Waals surface area contributed by atoms with Crippen LogP contribution in [0.2, 0.25) is 0 Å². The maximum absolute atomic E-state index is 12.6. The molecule has 0 atom stereocenters. The molecule has 0 bridgehead atoms. The molecule has 2 heterocycles. The second kappa shape index (κ2) is 6.94. The molecule has 1 aromatic heterocycles. The molecule has 4 amide bonds. The number of amides is 4. The Balaban J connectivity index is 1.30. The summed E-state index contributed by atoms with van der Waals surface area (Å²) in [6, 6.07) is 7.01. The van der Waals surface area contributed by atoms with Gasteiger partial charge in [0.05, 0.1) is 17.2 Å². The lowest BCUT2D eigenvalue weighted by Gasteiger charge is -2.20. The van der Waals surface area contributed by atoms with Gasteiger partial charge < -0.3 is 10.6 Å². The Morgan fingerprint density at radius 1 is 1.19 bits per heavy atom. The van der Waals surface area contributed by atoms with Crippen molar-refractivity contribution in [1.82, 2.24) is 25.5 Å². The van der Waals surface area contributed by atoms with Gasteiger partial charge in [0.15, 0.2) is 0 Å². The fraction of sp³-hybridized carbons (Fsp3) is 0.421. The zero-order valence-electron chi connectivity index (χ0n) is 14.9. The lowest BCUT2D eigenvalue weighted by atomic mass is 9.98. The number of imide groups is 1. The highest BCUT2D eigenvalue weighted by molar-refractivity contribution is 6.07. The number of benzene rings is 1. The molecular weight excluding hydrogens is 346 g/mol. The highest BCUT2D eigenvalue weighted by atomic mass is 16.2. The average molecular weight is 367 g/mol. The van der Waals surface area contributed by atoms with E-state index >= 15 is 0 Å². The first kappa shape index (κ1) is 17.4. The first-order valence-corrected chi connectivity index (χ1v) is 9.23. The lowest BCUT2D eigenvalue weighted by molar-refractivity contribution is -0.131. The summed E-state index contributed by atoms with van der Waals surface area (Å²) >= 11 is 0. The summed E-state index contributed by atoms with van der Waals surface area (Å²) in [7, 11) is 0. The average Bonchev–Trinajstić information content (AvgIpc) is 3.24. The number of hydrogen-bond acceptors (Lipinski definition) is 5. The normalized spacial score (nSPS) is 18.3. The van der Waals surface area contributed by atoms with E-state index in [1.165, 1.54) is 11.1 Å². The van der Waals surface area contributed by atoms with E-state index in [0.29, 0.717) is 31.3 Å². The second-order valence-electron chi connectivity index (χ2n) is 7.03. The Hall–Kier alpha value is -3.03. The van der Waals surface area contributed by atoms with E-state index < -0.39 is 5.54 Å². The molecule has 1 spiro atoms. The molecule has 2 N–H and O–H groups in total. The van der Waals surface area contributed by atoms with Crippen LogP contribution in [0.15, 0.2) is 30.5 Å². The van der Waals surface area contributed by atoms with Crippen molar-refractivity contribution in [3.63, 3.8) is 0 Å². The minimum Gasteiger partial charge on any atom is -0.351 e. The predicted molar refractivity (Wildman–Crippen MR) is 97.9 cm³/mol. The molecule has 1 saturated heterocycles. The van der Waals surface area contributed by atoms with E-state index in [0.717, 1.165) is 18.4 Å². The monoisotopic (exact) mass is 367 g/mol. The van der Waals surface area contributed by atoms with Crippen molar-refractivity contribution < 1.29 is 14.4 Å². The van der Waals surface area contributed by atoms with E-state index in [2.05, 4.69) is 20.6 Å². The minimum absolute atomic E-state index is 0.128. The highest BCUT2D eigenvalue weighted by Crippen LogP contribution is 2.34. The molecule has 0 unspecified atom stereocenters. The minimum atomic E-state index is -0.680. The molecule has 1 aliphatic heterocycles. The van der Waals surface area contributed by atoms with Crippen molar-refractivity contribution in [2.24, 2.45) is 0 Å². The van der Waals surface area contributed by atoms with E-state index in [1.807, 2.05) is 18.2 Å². The maximum Gasteiger partial charge on any atom is 0.325 e. The maximum atomic E-state index is 12.6. The van der Waals surface area contributed by atoms with Gasteiger partial charge in [0.1, 0.15) is 11.2 Å². The molecule has 2 fully saturated rings. The zero-order chi connectivity index (χ0) is 18.9. The predicted octanol–water partition coefficient (Wildman–Crippen LogP) is 1.61. The van der Waals surface area contributed by atoms with E-state index in [9.17, 15) is 14.4 Å². The second-order valence-corrected chi connectivity index (χ2v) is 7.03. The summed E-state index contributed by atoms with van der Waals surface area (Å²) < 4.78 is 0. The third-order valence-electron chi connectivity index (χ3n) is 5.23. The number of hydrogen-bond donors (Lipinski definition) is 2. The molecule has 1 aromatic carbocycles. The van der Waals surface area contributed by atoms with Crippen LogP contribution in [-0.4, -0.2) is 51.3 Å². The Labute approximate surface area is 156 Å². The van der Waals surface area contributed by atoms with Gasteiger partial charge >= 0.3 is 6.03 Å². The number of para-hydroxylation sites is 2. The molecule has 2 aliphatic rings. The molecule has 1 aliphatic carbocycles. The molecule has 140 valence electrons. The third-order valence-corrected chi connectivity index (χ3v) is 5.23. The van der Waals surface area contributed by atoms with Gasteiger partial charge in [-0.3, -0.25) is 19.5 Å². The fourth-order valence-electron chi connectivity index (χ4n) is 3.79. The topological polar surface area (TPSA) is 104 Å². The lowest BCUT2D eigenvalue weighted by Crippen LogP contribution is -2.44. The highest BCUT2D eigenvalue weighted by Gasteiger charge is 2.51. The number of nitrogens with zero attached hydrogens (tertiary/aromatic N) is 3. The van der Waals surface area contributed by atoms with Gasteiger partial charge in [0.25, 0.3) is 11.8 Å². The molecule has 8 nitrogen and oxygen atoms in total. The summed E-state index contributed by atoms with van der Waals surface area (Å²) in [5.74, 6) is -0.450. The molecule has 0 radical (unpaired) electrons. The molecule has 4 rings (SSSR count). The van der Waals surface area contributed by atoms with Gasteiger partial charge in [0, 0.05) is 13.1 Å². The number of urea groups is 1. The van der Waals surface area contributed by atoms with Crippen LogP contribution >= 0.6 is 0 Å². The van der Waals surface area contributed by atoms with Gasteiger partial charge in [-0.05, 0) is 31.4 Å². The van der Waals surface area contributed by atoms with Crippen molar-refractivity contribution in [1.29, 1.82) is 0 Å². The van der Waals surface area contributed by atoms with Crippen LogP contribution in [0.5, 0.6) is 0 Å². The van der Waals surface area contributed by atoms with Crippen molar-refractivity contribution in [3.8, 4) is 0 Å². The summed E-state index contributed by atoms with van der Waals surface area (Å²) in [6.45, 7) is 0.632. The number of aromatic nitrogens is 2. The van der Waals surface area contributed by atoms with E-state index in [-0.39, 0.29) is 30.1 Å². The Bertz CT molecular complexity index is 907. The third kappa shape index (κ3) is 3.22. The van der Waals surface area contributed by atoms with Crippen LogP contribution in [0.25, 0.3) is 11.0 Å². The number of rotatable bonds is 5. The van der Waals surface area contributed by atoms with Gasteiger partial charge in [-0.15, -0.1) is 0 Å². The standard InChI is InChI=1S/C19H21N5O3/c25-16(15-12-21-13-6-1-2-7-14(13)22-15)20-10-5-11-24-17(26)19(23-18(24)27)8-3-4-9-19/h1-2,6-7,12H,3-5,8-11H2,(H,20,25)(H,23,27). The van der Waals surface area contributed by atoms with E-state index in [4.69, 9.17) is 0 Å². The zero-order valence-corrected chi connectivity index (χ0v) is 14.9. The molecule has 27 heavy (non-hydrogen) atoms. The fourth-order valence-corrected chi connectivity index (χ4v) is 3.79. The summed E-state index contributed by atoms with van der Waals surface area (Å²) in [6.07, 6.45) is 5.28. The van der Waals surface area contributed by atoms with Gasteiger partial charge in [-0.2, -0.15) is 0 Å². The van der Waals surface area contributed by atoms with Gasteiger partial charge in [-0.25, -0.2) is 9.78 Å². The van der Waals surface area contributed by atoms with Crippen molar-refractivity contribution in [2.45, 2.75) is 37.6 Å². The number of carbonyl (C=O) groups is 3. The smallest absolute Gasteiger partial charge is 0.325 e. The van der Waals surface area contributed by atoms with Crippen molar-refractivity contribution >= 4 is 28.9 Å². The van der Waals surface area contributed by atoms with Crippen LogP contribution in [0.1, 0.15) is 42.6 Å². The Morgan fingerprint density at radius 3 is 2.70 bits per heavy atom. The SMILES string of the molecule is O=C(NCCCN1C(=O)NC2(CCCC2)C1=O)c1cnc2ccccc2n1. The summed E-state index contributed by atoms with van der Waals surface area (Å²) in [5, 5.41) is 5.62. The largest absolute Gasteiger partial charge is 0.351 e. The van der Waals surface area contributed by atoms with Crippen LogP contribution in [0, 0.1) is 0 Å². The van der Waals surface area contributed by atoms with Crippen LogP contribution in [0.4, 0.5) is 4.79 Å². The Morgan fingerprint density at radius 2 is 1.93 bits per heavy atom. The first-order chi connectivity index (χ1) is 13.1. The van der Waals surface area contributed by atoms with E-state index in [1.54, 1.807) is 6.07 Å². The van der Waals surface area contributed by atoms with Crippen molar-refractivity contribution in [2.75, 3.05) is 13.1 Å². The van der Waals surface area contributed by atoms with Crippen LogP contribution in [0.3, 0.4) is 0 Å². The Kier molecular flexibility index (Phi) is 4.47. The number of nitrogens with one attached hydrogen (secondary N) is 2. The molecule has 2 aromatic rings. The number of carbonyl (C=O) groups excluding carboxylic acids is 3. The van der Waals surface area contributed by atoms with Gasteiger partial charge in [0.2, 0.25) is 0 Å². The summed E-state index contributed by atoms with van der Waals surface area (Å²) in [4.78, 5) is 46.7. The van der Waals surface area contributed by atoms with Crippen LogP contribution < -0.4 is 10.6 Å².